The monoisotopic (exact) mass is 207 g/mol. The lowest BCUT2D eigenvalue weighted by molar-refractivity contribution is 0.170. The lowest BCUT2D eigenvalue weighted by Gasteiger charge is -2.23. The molecule has 0 radical (unpaired) electrons. The second-order valence-electron chi connectivity index (χ2n) is 3.94. The molecule has 1 aliphatic heterocycles. The molecule has 82 valence electrons. The van der Waals surface area contributed by atoms with Crippen LogP contribution in [0.1, 0.15) is 24.0 Å². The van der Waals surface area contributed by atoms with E-state index in [9.17, 15) is 0 Å². The van der Waals surface area contributed by atoms with Gasteiger partial charge in [0.15, 0.2) is 11.5 Å². The van der Waals surface area contributed by atoms with Crippen LogP contribution >= 0.6 is 0 Å². The first kappa shape index (κ1) is 10.3. The lowest BCUT2D eigenvalue weighted by atomic mass is 9.95. The normalized spacial score (nSPS) is 16.2. The van der Waals surface area contributed by atoms with Crippen molar-refractivity contribution in [2.45, 2.75) is 19.8 Å². The zero-order valence-electron chi connectivity index (χ0n) is 9.25. The molecule has 0 aromatic heterocycles. The Balaban J connectivity index is 2.43. The van der Waals surface area contributed by atoms with Gasteiger partial charge in [0.2, 0.25) is 0 Å². The fourth-order valence-electron chi connectivity index (χ4n) is 1.93. The van der Waals surface area contributed by atoms with Crippen LogP contribution in [0.2, 0.25) is 0 Å². The molecule has 0 amide bonds. The maximum Gasteiger partial charge on any atom is 0.164 e. The zero-order chi connectivity index (χ0) is 10.8. The molecule has 2 rings (SSSR count). The predicted octanol–water partition coefficient (Wildman–Crippen LogP) is 1.83. The molecule has 0 fully saturated rings. The van der Waals surface area contributed by atoms with Gasteiger partial charge in [-0.05, 0) is 36.6 Å². The van der Waals surface area contributed by atoms with Gasteiger partial charge in [0.05, 0.1) is 0 Å². The van der Waals surface area contributed by atoms with Gasteiger partial charge in [0, 0.05) is 0 Å². The van der Waals surface area contributed by atoms with Crippen molar-refractivity contribution >= 4 is 0 Å². The summed E-state index contributed by atoms with van der Waals surface area (Å²) in [4.78, 5) is 0. The van der Waals surface area contributed by atoms with E-state index in [-0.39, 0.29) is 0 Å². The second-order valence-corrected chi connectivity index (χ2v) is 3.94. The molecule has 3 heteroatoms. The van der Waals surface area contributed by atoms with Gasteiger partial charge in [-0.2, -0.15) is 0 Å². The fraction of sp³-hybridized carbons (Fsp3) is 0.500. The van der Waals surface area contributed by atoms with Crippen LogP contribution < -0.4 is 15.2 Å². The van der Waals surface area contributed by atoms with Gasteiger partial charge in [-0.1, -0.05) is 13.0 Å². The minimum absolute atomic E-state index is 0.362. The number of ether oxygens (including phenoxy) is 2. The molecule has 1 aliphatic rings. The smallest absolute Gasteiger partial charge is 0.164 e. The lowest BCUT2D eigenvalue weighted by Crippen LogP contribution is -2.18. The van der Waals surface area contributed by atoms with Gasteiger partial charge >= 0.3 is 0 Å². The minimum atomic E-state index is 0.362. The van der Waals surface area contributed by atoms with Gasteiger partial charge in [0.25, 0.3) is 0 Å². The first-order chi connectivity index (χ1) is 7.24. The summed E-state index contributed by atoms with van der Waals surface area (Å²) in [5.74, 6) is 2.10. The van der Waals surface area contributed by atoms with E-state index in [0.717, 1.165) is 17.1 Å². The first-order valence-corrected chi connectivity index (χ1v) is 5.33. The molecule has 1 atom stereocenters. The predicted molar refractivity (Wildman–Crippen MR) is 59.6 cm³/mol. The van der Waals surface area contributed by atoms with Crippen molar-refractivity contribution in [2.24, 2.45) is 5.73 Å². The third-order valence-electron chi connectivity index (χ3n) is 2.88. The molecule has 0 saturated heterocycles. The summed E-state index contributed by atoms with van der Waals surface area (Å²) < 4.78 is 11.1. The van der Waals surface area contributed by atoms with E-state index < -0.39 is 0 Å². The molecule has 2 N–H and O–H groups in total. The van der Waals surface area contributed by atoms with Crippen molar-refractivity contribution in [2.75, 3.05) is 19.8 Å². The van der Waals surface area contributed by atoms with Crippen LogP contribution in [0.5, 0.6) is 11.5 Å². The summed E-state index contributed by atoms with van der Waals surface area (Å²) >= 11 is 0. The van der Waals surface area contributed by atoms with Gasteiger partial charge in [-0.15, -0.1) is 0 Å². The van der Waals surface area contributed by atoms with Gasteiger partial charge in [-0.3, -0.25) is 0 Å². The van der Waals surface area contributed by atoms with E-state index in [1.54, 1.807) is 0 Å². The molecule has 1 aromatic carbocycles. The van der Waals surface area contributed by atoms with Crippen molar-refractivity contribution in [1.82, 2.24) is 0 Å². The average Bonchev–Trinajstić information content (AvgIpc) is 2.29. The molecule has 1 heterocycles. The highest BCUT2D eigenvalue weighted by Gasteiger charge is 2.18. The molecule has 1 aromatic rings. The summed E-state index contributed by atoms with van der Waals surface area (Å²) in [5, 5.41) is 0. The average molecular weight is 207 g/mol. The van der Waals surface area contributed by atoms with E-state index in [0.29, 0.717) is 25.7 Å². The number of rotatable bonds is 2. The Morgan fingerprint density at radius 1 is 1.33 bits per heavy atom. The summed E-state index contributed by atoms with van der Waals surface area (Å²) in [6.45, 7) is 6.11. The van der Waals surface area contributed by atoms with Gasteiger partial charge < -0.3 is 15.2 Å². The molecular formula is C12H17NO2. The number of benzene rings is 1. The second kappa shape index (κ2) is 4.11. The third-order valence-corrected chi connectivity index (χ3v) is 2.88. The Labute approximate surface area is 90.2 Å². The van der Waals surface area contributed by atoms with Crippen LogP contribution in [0.15, 0.2) is 12.1 Å². The maximum atomic E-state index is 5.68. The summed E-state index contributed by atoms with van der Waals surface area (Å²) in [7, 11) is 0. The summed E-state index contributed by atoms with van der Waals surface area (Å²) in [6.07, 6.45) is 0. The molecule has 0 spiro atoms. The summed E-state index contributed by atoms with van der Waals surface area (Å²) in [6, 6.07) is 4.06. The molecule has 1 unspecified atom stereocenters. The van der Waals surface area contributed by atoms with E-state index in [1.807, 2.05) is 6.07 Å². The molecule has 0 aliphatic carbocycles. The Bertz CT molecular complexity index is 363. The topological polar surface area (TPSA) is 44.5 Å². The Hall–Kier alpha value is -1.22. The zero-order valence-corrected chi connectivity index (χ0v) is 9.25. The molecular weight excluding hydrogens is 190 g/mol. The van der Waals surface area contributed by atoms with Crippen molar-refractivity contribution in [1.29, 1.82) is 0 Å². The molecule has 0 saturated carbocycles. The molecule has 0 bridgehead atoms. The highest BCUT2D eigenvalue weighted by molar-refractivity contribution is 5.51. The maximum absolute atomic E-state index is 5.68. The Kier molecular flexibility index (Phi) is 2.82. The van der Waals surface area contributed by atoms with Crippen molar-refractivity contribution < 1.29 is 9.47 Å². The van der Waals surface area contributed by atoms with E-state index in [4.69, 9.17) is 15.2 Å². The first-order valence-electron chi connectivity index (χ1n) is 5.33. The number of hydrogen-bond acceptors (Lipinski definition) is 3. The largest absolute Gasteiger partial charge is 0.486 e. The molecule has 3 nitrogen and oxygen atoms in total. The minimum Gasteiger partial charge on any atom is -0.486 e. The highest BCUT2D eigenvalue weighted by atomic mass is 16.6. The van der Waals surface area contributed by atoms with Crippen LogP contribution in [0.25, 0.3) is 0 Å². The molecule has 15 heavy (non-hydrogen) atoms. The van der Waals surface area contributed by atoms with E-state index >= 15 is 0 Å². The Morgan fingerprint density at radius 3 is 2.80 bits per heavy atom. The fourth-order valence-corrected chi connectivity index (χ4v) is 1.93. The number of hydrogen-bond donors (Lipinski definition) is 1. The van der Waals surface area contributed by atoms with Crippen LogP contribution in [-0.2, 0) is 0 Å². The van der Waals surface area contributed by atoms with Crippen LogP contribution in [0, 0.1) is 6.92 Å². The van der Waals surface area contributed by atoms with Crippen molar-refractivity contribution in [3.8, 4) is 11.5 Å². The Morgan fingerprint density at radius 2 is 2.07 bits per heavy atom. The van der Waals surface area contributed by atoms with E-state index in [2.05, 4.69) is 19.9 Å². The van der Waals surface area contributed by atoms with Crippen molar-refractivity contribution in [3.05, 3.63) is 23.3 Å². The van der Waals surface area contributed by atoms with Gasteiger partial charge in [0.1, 0.15) is 13.2 Å². The quantitative estimate of drug-likeness (QED) is 0.804. The van der Waals surface area contributed by atoms with Gasteiger partial charge in [-0.25, -0.2) is 0 Å². The third kappa shape index (κ3) is 1.79. The van der Waals surface area contributed by atoms with E-state index in [1.165, 1.54) is 5.56 Å². The van der Waals surface area contributed by atoms with Crippen LogP contribution in [-0.4, -0.2) is 19.8 Å². The highest BCUT2D eigenvalue weighted by Crippen LogP contribution is 2.37. The standard InChI is InChI=1S/C12H17NO2/c1-8(7-13)10-3-4-11-12(9(10)2)15-6-5-14-11/h3-4,8H,5-7,13H2,1-2H3. The number of fused-ring (bicyclic) bond motifs is 1. The SMILES string of the molecule is Cc1c(C(C)CN)ccc2c1OCCO2. The summed E-state index contributed by atoms with van der Waals surface area (Å²) in [5.41, 5.74) is 8.09. The van der Waals surface area contributed by atoms with Crippen LogP contribution in [0.4, 0.5) is 0 Å². The van der Waals surface area contributed by atoms with Crippen LogP contribution in [0.3, 0.4) is 0 Å². The van der Waals surface area contributed by atoms with Crippen molar-refractivity contribution in [3.63, 3.8) is 0 Å². The number of nitrogens with two attached hydrogens (primary N) is 1.